The molecule has 1 amide bonds. The van der Waals surface area contributed by atoms with E-state index >= 15 is 4.39 Å². The second kappa shape index (κ2) is 8.73. The number of fused-ring (bicyclic) bond motifs is 2. The van der Waals surface area contributed by atoms with Crippen molar-refractivity contribution in [3.63, 3.8) is 0 Å². The zero-order valence-electron chi connectivity index (χ0n) is 20.6. The number of tetrazole rings is 1. The molecule has 196 valence electrons. The molecule has 5 aromatic rings. The average Bonchev–Trinajstić information content (AvgIpc) is 3.73. The highest BCUT2D eigenvalue weighted by atomic mass is 35.5. The summed E-state index contributed by atoms with van der Waals surface area (Å²) in [4.78, 5) is 38.1. The Hall–Kier alpha value is -4.58. The zero-order chi connectivity index (χ0) is 26.8. The number of nitrogens with zero attached hydrogens (tertiary/aromatic N) is 7. The van der Waals surface area contributed by atoms with Gasteiger partial charge < -0.3 is 14.9 Å². The number of imidazole rings is 2. The number of aromatic nitrogens is 8. The van der Waals surface area contributed by atoms with Gasteiger partial charge in [-0.15, -0.1) is 5.10 Å². The molecule has 0 radical (unpaired) electrons. The highest BCUT2D eigenvalue weighted by Gasteiger charge is 2.42. The molecule has 0 spiro atoms. The highest BCUT2D eigenvalue weighted by Crippen LogP contribution is 2.44. The molecule has 0 bridgehead atoms. The van der Waals surface area contributed by atoms with Gasteiger partial charge in [-0.05, 0) is 59.5 Å². The number of benzene rings is 2. The van der Waals surface area contributed by atoms with Crippen molar-refractivity contribution >= 4 is 34.1 Å². The van der Waals surface area contributed by atoms with Gasteiger partial charge in [0.1, 0.15) is 12.2 Å². The van der Waals surface area contributed by atoms with Crippen LogP contribution in [-0.4, -0.2) is 56.6 Å². The molecule has 3 aromatic heterocycles. The molecule has 5 heterocycles. The van der Waals surface area contributed by atoms with Gasteiger partial charge >= 0.3 is 5.69 Å². The molecule has 39 heavy (non-hydrogen) atoms. The smallest absolute Gasteiger partial charge is 0.326 e. The molecule has 0 aliphatic carbocycles. The minimum absolute atomic E-state index is 0.0390. The van der Waals surface area contributed by atoms with Crippen LogP contribution in [0.2, 0.25) is 5.02 Å². The molecule has 2 aliphatic rings. The van der Waals surface area contributed by atoms with Crippen LogP contribution in [0.1, 0.15) is 36.7 Å². The van der Waals surface area contributed by atoms with Crippen LogP contribution in [0.4, 0.5) is 4.39 Å². The number of H-pyrrole nitrogens is 2. The molecule has 13 heteroatoms. The summed E-state index contributed by atoms with van der Waals surface area (Å²) in [7, 11) is 1.72. The van der Waals surface area contributed by atoms with E-state index in [0.29, 0.717) is 29.9 Å². The lowest BCUT2D eigenvalue weighted by Crippen LogP contribution is -2.39. The Morgan fingerprint density at radius 2 is 2.00 bits per heavy atom. The second-order valence-corrected chi connectivity index (χ2v) is 10.2. The number of hydrogen-bond donors (Lipinski definition) is 2. The van der Waals surface area contributed by atoms with E-state index in [2.05, 4.69) is 30.5 Å². The van der Waals surface area contributed by atoms with Gasteiger partial charge in [-0.1, -0.05) is 17.7 Å². The maximum Gasteiger partial charge on any atom is 0.326 e. The predicted molar refractivity (Wildman–Crippen MR) is 140 cm³/mol. The van der Waals surface area contributed by atoms with Crippen molar-refractivity contribution in [1.29, 1.82) is 0 Å². The van der Waals surface area contributed by atoms with Crippen LogP contribution in [-0.2, 0) is 11.8 Å². The number of carbonyl (C=O) groups is 1. The van der Waals surface area contributed by atoms with Crippen LogP contribution in [0.5, 0.6) is 0 Å². The van der Waals surface area contributed by atoms with E-state index in [1.165, 1.54) is 23.2 Å². The number of hydrogen-bond acceptors (Lipinski definition) is 6. The third kappa shape index (κ3) is 3.70. The van der Waals surface area contributed by atoms with Crippen molar-refractivity contribution in [3.8, 4) is 16.9 Å². The fraction of sp³-hybridized carbons (Fsp3) is 0.231. The number of carbonyl (C=O) groups excluding carboxylic acids is 1. The molecule has 2 N–H and O–H groups in total. The lowest BCUT2D eigenvalue weighted by molar-refractivity contribution is -0.129. The molecule has 1 saturated heterocycles. The number of aryl methyl sites for hydroxylation is 1. The average molecular weight is 546 g/mol. The first-order chi connectivity index (χ1) is 18.9. The van der Waals surface area contributed by atoms with E-state index in [-0.39, 0.29) is 34.3 Å². The fourth-order valence-electron chi connectivity index (χ4n) is 5.75. The molecule has 2 atom stereocenters. The summed E-state index contributed by atoms with van der Waals surface area (Å²) in [6.07, 6.45) is 6.50. The number of nitrogens with one attached hydrogen (secondary N) is 2. The Morgan fingerprint density at radius 3 is 2.82 bits per heavy atom. The van der Waals surface area contributed by atoms with E-state index in [0.717, 1.165) is 28.7 Å². The summed E-state index contributed by atoms with van der Waals surface area (Å²) in [6, 6.07) is 8.42. The first-order valence-electron chi connectivity index (χ1n) is 12.4. The number of aromatic amines is 2. The number of amides is 1. The van der Waals surface area contributed by atoms with Gasteiger partial charge in [0, 0.05) is 30.3 Å². The Labute approximate surface area is 224 Å². The summed E-state index contributed by atoms with van der Waals surface area (Å²) in [5.74, 6) is -0.143. The van der Waals surface area contributed by atoms with Gasteiger partial charge in [0.15, 0.2) is 5.82 Å². The number of halogens is 2. The van der Waals surface area contributed by atoms with E-state index in [4.69, 9.17) is 11.6 Å². The molecule has 1 fully saturated rings. The van der Waals surface area contributed by atoms with Gasteiger partial charge in [0.25, 0.3) is 0 Å². The summed E-state index contributed by atoms with van der Waals surface area (Å²) >= 11 is 6.12. The second-order valence-electron chi connectivity index (χ2n) is 9.78. The monoisotopic (exact) mass is 545 g/mol. The highest BCUT2D eigenvalue weighted by molar-refractivity contribution is 6.31. The van der Waals surface area contributed by atoms with Crippen LogP contribution in [0, 0.1) is 5.82 Å². The van der Waals surface area contributed by atoms with Crippen LogP contribution in [0.3, 0.4) is 0 Å². The van der Waals surface area contributed by atoms with Crippen molar-refractivity contribution in [3.05, 3.63) is 81.6 Å². The molecular weight excluding hydrogens is 525 g/mol. The maximum atomic E-state index is 15.3. The maximum absolute atomic E-state index is 15.3. The standard InChI is InChI=1S/C26H21ClFN9O2/c1-35-21-9-13(2-5-17(21)32-26(35)39)18-11-29-25(31-18)20-6-3-15-8-14(10-22(38)37(15)20)23-19(36-12-30-33-34-36)7-4-16(27)24(23)28/h2,4-5,7,9-12,15,20H,3,6,8H2,1H3,(H,29,31)(H,32,39)/t15-,20-/m0/s1. The molecule has 11 nitrogen and oxygen atoms in total. The Kier molecular flexibility index (Phi) is 5.27. The van der Waals surface area contributed by atoms with E-state index in [9.17, 15) is 9.59 Å². The third-order valence-corrected chi connectivity index (χ3v) is 7.92. The molecule has 2 aromatic carbocycles. The fourth-order valence-corrected chi connectivity index (χ4v) is 5.91. The summed E-state index contributed by atoms with van der Waals surface area (Å²) in [5, 5.41) is 11.1. The SMILES string of the molecule is Cn1c(=O)[nH]c2ccc(-c3cnc([C@@H]4CC[C@H]5CC(c6c(-n7cnnn7)ccc(Cl)c6F)=CC(=O)N54)[nH]3)cc21. The topological polar surface area (TPSA) is 130 Å². The van der Waals surface area contributed by atoms with Crippen molar-refractivity contribution in [2.24, 2.45) is 7.05 Å². The molecule has 0 unspecified atom stereocenters. The van der Waals surface area contributed by atoms with Crippen LogP contribution < -0.4 is 5.69 Å². The van der Waals surface area contributed by atoms with Gasteiger partial charge in [0.05, 0.1) is 39.7 Å². The molecule has 7 rings (SSSR count). The van der Waals surface area contributed by atoms with Crippen LogP contribution >= 0.6 is 11.6 Å². The quantitative estimate of drug-likeness (QED) is 0.355. The summed E-state index contributed by atoms with van der Waals surface area (Å²) in [6.45, 7) is 0. The summed E-state index contributed by atoms with van der Waals surface area (Å²) in [5.41, 5.74) is 4.22. The van der Waals surface area contributed by atoms with Gasteiger partial charge in [0.2, 0.25) is 5.91 Å². The first-order valence-corrected chi connectivity index (χ1v) is 12.8. The summed E-state index contributed by atoms with van der Waals surface area (Å²) < 4.78 is 18.2. The van der Waals surface area contributed by atoms with Crippen LogP contribution in [0.15, 0.2) is 53.7 Å². The molecular formula is C26H21ClFN9O2. The number of rotatable bonds is 4. The van der Waals surface area contributed by atoms with Gasteiger partial charge in [-0.3, -0.25) is 9.36 Å². The van der Waals surface area contributed by atoms with E-state index < -0.39 is 5.82 Å². The predicted octanol–water partition coefficient (Wildman–Crippen LogP) is 3.54. The minimum atomic E-state index is -0.612. The largest absolute Gasteiger partial charge is 0.340 e. The third-order valence-electron chi connectivity index (χ3n) is 7.63. The molecule has 2 aliphatic heterocycles. The van der Waals surface area contributed by atoms with Crippen molar-refractivity contribution in [1.82, 2.24) is 44.6 Å². The van der Waals surface area contributed by atoms with Crippen molar-refractivity contribution in [2.75, 3.05) is 0 Å². The van der Waals surface area contributed by atoms with Crippen LogP contribution in [0.25, 0.3) is 33.6 Å². The Morgan fingerprint density at radius 1 is 1.13 bits per heavy atom. The first kappa shape index (κ1) is 23.5. The van der Waals surface area contributed by atoms with Crippen molar-refractivity contribution in [2.45, 2.75) is 31.3 Å². The zero-order valence-corrected chi connectivity index (χ0v) is 21.4. The van der Waals surface area contributed by atoms with Crippen molar-refractivity contribution < 1.29 is 9.18 Å². The lowest BCUT2D eigenvalue weighted by atomic mass is 9.92. The normalized spacial score (nSPS) is 19.1. The minimum Gasteiger partial charge on any atom is -0.340 e. The Bertz CT molecular complexity index is 1850. The van der Waals surface area contributed by atoms with E-state index in [1.807, 2.05) is 23.1 Å². The Balaban J connectivity index is 1.21. The van der Waals surface area contributed by atoms with E-state index in [1.54, 1.807) is 23.9 Å². The van der Waals surface area contributed by atoms with Gasteiger partial charge in [-0.25, -0.2) is 14.2 Å². The lowest BCUT2D eigenvalue weighted by Gasteiger charge is -2.33. The molecule has 0 saturated carbocycles. The van der Waals surface area contributed by atoms with Gasteiger partial charge in [-0.2, -0.15) is 4.68 Å².